The van der Waals surface area contributed by atoms with Gasteiger partial charge < -0.3 is 5.73 Å². The molecule has 0 radical (unpaired) electrons. The van der Waals surface area contributed by atoms with Gasteiger partial charge in [0.25, 0.3) is 0 Å². The van der Waals surface area contributed by atoms with Crippen molar-refractivity contribution < 1.29 is 0 Å². The number of likely N-dealkylation sites (N-methyl/N-ethyl adjacent to an activating group) is 1. The van der Waals surface area contributed by atoms with E-state index >= 15 is 0 Å². The maximum absolute atomic E-state index is 5.90. The molecular formula is C13H21BrN2. The zero-order chi connectivity index (χ0) is 12.1. The quantitative estimate of drug-likeness (QED) is 0.900. The van der Waals surface area contributed by atoms with E-state index in [0.29, 0.717) is 12.6 Å². The Bertz CT molecular complexity index is 335. The molecule has 0 saturated heterocycles. The maximum atomic E-state index is 5.90. The summed E-state index contributed by atoms with van der Waals surface area (Å²) in [5.41, 5.74) is 8.46. The van der Waals surface area contributed by atoms with Crippen LogP contribution in [0.1, 0.15) is 31.0 Å². The van der Waals surface area contributed by atoms with Gasteiger partial charge >= 0.3 is 0 Å². The van der Waals surface area contributed by atoms with Gasteiger partial charge in [0.1, 0.15) is 0 Å². The zero-order valence-electron chi connectivity index (χ0n) is 10.3. The molecule has 0 fully saturated rings. The Morgan fingerprint density at radius 3 is 2.38 bits per heavy atom. The van der Waals surface area contributed by atoms with Crippen molar-refractivity contribution in [3.8, 4) is 0 Å². The van der Waals surface area contributed by atoms with E-state index in [1.54, 1.807) is 0 Å². The molecule has 0 aromatic heterocycles. The van der Waals surface area contributed by atoms with E-state index in [1.807, 2.05) is 0 Å². The Morgan fingerprint density at radius 2 is 1.94 bits per heavy atom. The first kappa shape index (κ1) is 13.7. The van der Waals surface area contributed by atoms with Crippen molar-refractivity contribution in [2.45, 2.75) is 26.8 Å². The molecule has 1 atom stereocenters. The standard InChI is InChI=1S/C13H21BrN2/c1-4-16(5-2)13(9-15)11-7-6-10(3)8-12(11)14/h6-8,13H,4-5,9,15H2,1-3H3. The molecule has 2 N–H and O–H groups in total. The van der Waals surface area contributed by atoms with Crippen LogP contribution < -0.4 is 5.73 Å². The van der Waals surface area contributed by atoms with Crippen LogP contribution in [0.2, 0.25) is 0 Å². The molecular weight excluding hydrogens is 264 g/mol. The van der Waals surface area contributed by atoms with E-state index in [2.05, 4.69) is 59.8 Å². The third kappa shape index (κ3) is 3.06. The minimum atomic E-state index is 0.310. The molecule has 0 bridgehead atoms. The minimum Gasteiger partial charge on any atom is -0.329 e. The predicted octanol–water partition coefficient (Wildman–Crippen LogP) is 3.10. The topological polar surface area (TPSA) is 29.3 Å². The number of nitrogens with zero attached hydrogens (tertiary/aromatic N) is 1. The van der Waals surface area contributed by atoms with Gasteiger partial charge in [0, 0.05) is 17.1 Å². The lowest BCUT2D eigenvalue weighted by atomic mass is 10.0. The molecule has 1 rings (SSSR count). The number of hydrogen-bond donors (Lipinski definition) is 1. The van der Waals surface area contributed by atoms with Crippen molar-refractivity contribution in [2.75, 3.05) is 19.6 Å². The van der Waals surface area contributed by atoms with Crippen LogP contribution in [-0.2, 0) is 0 Å². The fraction of sp³-hybridized carbons (Fsp3) is 0.538. The lowest BCUT2D eigenvalue weighted by molar-refractivity contribution is 0.223. The minimum absolute atomic E-state index is 0.310. The number of rotatable bonds is 5. The van der Waals surface area contributed by atoms with E-state index in [9.17, 15) is 0 Å². The highest BCUT2D eigenvalue weighted by Crippen LogP contribution is 2.27. The summed E-state index contributed by atoms with van der Waals surface area (Å²) >= 11 is 3.63. The van der Waals surface area contributed by atoms with E-state index < -0.39 is 0 Å². The summed E-state index contributed by atoms with van der Waals surface area (Å²) in [6, 6.07) is 6.79. The van der Waals surface area contributed by atoms with Gasteiger partial charge in [-0.1, -0.05) is 41.9 Å². The van der Waals surface area contributed by atoms with Crippen LogP contribution in [0, 0.1) is 6.92 Å². The van der Waals surface area contributed by atoms with Crippen molar-refractivity contribution in [1.82, 2.24) is 4.90 Å². The van der Waals surface area contributed by atoms with Gasteiger partial charge in [-0.25, -0.2) is 0 Å². The molecule has 0 amide bonds. The van der Waals surface area contributed by atoms with Gasteiger partial charge in [-0.15, -0.1) is 0 Å². The Labute approximate surface area is 107 Å². The highest BCUT2D eigenvalue weighted by molar-refractivity contribution is 9.10. The summed E-state index contributed by atoms with van der Waals surface area (Å²) in [5.74, 6) is 0. The number of hydrogen-bond acceptors (Lipinski definition) is 2. The third-order valence-electron chi connectivity index (χ3n) is 2.99. The second kappa shape index (κ2) is 6.38. The fourth-order valence-corrected chi connectivity index (χ4v) is 2.80. The van der Waals surface area contributed by atoms with Crippen molar-refractivity contribution >= 4 is 15.9 Å². The van der Waals surface area contributed by atoms with E-state index in [0.717, 1.165) is 17.6 Å². The normalized spacial score (nSPS) is 13.1. The number of halogens is 1. The van der Waals surface area contributed by atoms with Crippen LogP contribution >= 0.6 is 15.9 Å². The van der Waals surface area contributed by atoms with Crippen LogP contribution in [0.25, 0.3) is 0 Å². The van der Waals surface area contributed by atoms with Gasteiger partial charge in [-0.3, -0.25) is 4.90 Å². The Hall–Kier alpha value is -0.380. The first-order chi connectivity index (χ1) is 7.63. The molecule has 90 valence electrons. The molecule has 1 aromatic rings. The highest BCUT2D eigenvalue weighted by Gasteiger charge is 2.18. The molecule has 2 nitrogen and oxygen atoms in total. The summed E-state index contributed by atoms with van der Waals surface area (Å²) in [5, 5.41) is 0. The summed E-state index contributed by atoms with van der Waals surface area (Å²) in [6.07, 6.45) is 0. The second-order valence-corrected chi connectivity index (χ2v) is 4.85. The van der Waals surface area contributed by atoms with Gasteiger partial charge in [-0.2, -0.15) is 0 Å². The third-order valence-corrected chi connectivity index (χ3v) is 3.68. The number of aryl methyl sites for hydroxylation is 1. The van der Waals surface area contributed by atoms with E-state index in [1.165, 1.54) is 11.1 Å². The molecule has 16 heavy (non-hydrogen) atoms. The van der Waals surface area contributed by atoms with Crippen molar-refractivity contribution in [3.63, 3.8) is 0 Å². The highest BCUT2D eigenvalue weighted by atomic mass is 79.9. The van der Waals surface area contributed by atoms with Gasteiger partial charge in [0.15, 0.2) is 0 Å². The molecule has 0 heterocycles. The average molecular weight is 285 g/mol. The molecule has 0 aliphatic heterocycles. The smallest absolute Gasteiger partial charge is 0.0481 e. The SMILES string of the molecule is CCN(CC)C(CN)c1ccc(C)cc1Br. The first-order valence-corrected chi connectivity index (χ1v) is 6.63. The van der Waals surface area contributed by atoms with Crippen LogP contribution in [0.4, 0.5) is 0 Å². The lowest BCUT2D eigenvalue weighted by Gasteiger charge is -2.29. The van der Waals surface area contributed by atoms with Gasteiger partial charge in [0.05, 0.1) is 0 Å². The summed E-state index contributed by atoms with van der Waals surface area (Å²) in [4.78, 5) is 2.38. The largest absolute Gasteiger partial charge is 0.329 e. The van der Waals surface area contributed by atoms with E-state index in [4.69, 9.17) is 5.73 Å². The van der Waals surface area contributed by atoms with E-state index in [-0.39, 0.29) is 0 Å². The first-order valence-electron chi connectivity index (χ1n) is 5.84. The fourth-order valence-electron chi connectivity index (χ4n) is 2.04. The average Bonchev–Trinajstić information content (AvgIpc) is 2.27. The number of nitrogens with two attached hydrogens (primary N) is 1. The van der Waals surface area contributed by atoms with Crippen molar-refractivity contribution in [2.24, 2.45) is 5.73 Å². The number of benzene rings is 1. The van der Waals surface area contributed by atoms with Crippen LogP contribution in [-0.4, -0.2) is 24.5 Å². The van der Waals surface area contributed by atoms with Gasteiger partial charge in [-0.05, 0) is 37.2 Å². The predicted molar refractivity (Wildman–Crippen MR) is 73.6 cm³/mol. The summed E-state index contributed by atoms with van der Waals surface area (Å²) in [7, 11) is 0. The zero-order valence-corrected chi connectivity index (χ0v) is 11.9. The molecule has 0 aliphatic carbocycles. The molecule has 0 saturated carbocycles. The van der Waals surface area contributed by atoms with Crippen molar-refractivity contribution in [3.05, 3.63) is 33.8 Å². The molecule has 0 aliphatic rings. The van der Waals surface area contributed by atoms with Crippen LogP contribution in [0.5, 0.6) is 0 Å². The van der Waals surface area contributed by atoms with Crippen LogP contribution in [0.15, 0.2) is 22.7 Å². The monoisotopic (exact) mass is 284 g/mol. The molecule has 1 aromatic carbocycles. The Morgan fingerprint density at radius 1 is 1.31 bits per heavy atom. The van der Waals surface area contributed by atoms with Crippen LogP contribution in [0.3, 0.4) is 0 Å². The maximum Gasteiger partial charge on any atom is 0.0481 e. The van der Waals surface area contributed by atoms with Crippen molar-refractivity contribution in [1.29, 1.82) is 0 Å². The second-order valence-electron chi connectivity index (χ2n) is 4.00. The summed E-state index contributed by atoms with van der Waals surface area (Å²) in [6.45, 7) is 9.16. The Balaban J connectivity index is 3.03. The lowest BCUT2D eigenvalue weighted by Crippen LogP contribution is -2.33. The molecule has 1 unspecified atom stereocenters. The molecule has 3 heteroatoms. The Kier molecular flexibility index (Phi) is 5.46. The van der Waals surface area contributed by atoms with Gasteiger partial charge in [0.2, 0.25) is 0 Å². The summed E-state index contributed by atoms with van der Waals surface area (Å²) < 4.78 is 1.16. The molecule has 0 spiro atoms.